The van der Waals surface area contributed by atoms with Gasteiger partial charge in [0, 0.05) is 11.1 Å². The summed E-state index contributed by atoms with van der Waals surface area (Å²) in [6, 6.07) is 12.4. The largest absolute Gasteiger partial charge is 0.494 e. The molecule has 0 fully saturated rings. The Morgan fingerprint density at radius 3 is 2.45 bits per heavy atom. The van der Waals surface area contributed by atoms with Crippen molar-refractivity contribution in [2.24, 2.45) is 0 Å². The van der Waals surface area contributed by atoms with Crippen LogP contribution in [0.3, 0.4) is 0 Å². The molecule has 1 aromatic heterocycles. The van der Waals surface area contributed by atoms with E-state index in [1.165, 1.54) is 0 Å². The van der Waals surface area contributed by atoms with Crippen LogP contribution in [-0.4, -0.2) is 36.0 Å². The third-order valence-corrected chi connectivity index (χ3v) is 4.27. The van der Waals surface area contributed by atoms with Gasteiger partial charge >= 0.3 is 0 Å². The van der Waals surface area contributed by atoms with Gasteiger partial charge in [-0.3, -0.25) is 4.79 Å². The summed E-state index contributed by atoms with van der Waals surface area (Å²) in [6.07, 6.45) is 1.76. The van der Waals surface area contributed by atoms with Crippen LogP contribution in [0.2, 0.25) is 0 Å². The molecule has 0 aliphatic heterocycles. The predicted octanol–water partition coefficient (Wildman–Crippen LogP) is 4.97. The quantitative estimate of drug-likeness (QED) is 0.463. The monoisotopic (exact) mass is 425 g/mol. The van der Waals surface area contributed by atoms with Crippen LogP contribution >= 0.6 is 0 Å². The van der Waals surface area contributed by atoms with Gasteiger partial charge in [-0.15, -0.1) is 0 Å². The number of hydrogen-bond acceptors (Lipinski definition) is 7. The number of benzene rings is 2. The summed E-state index contributed by atoms with van der Waals surface area (Å²) in [6.45, 7) is 7.63. The molecule has 0 bridgehead atoms. The van der Waals surface area contributed by atoms with Crippen LogP contribution < -0.4 is 19.5 Å². The number of hydrogen-bond donors (Lipinski definition) is 1. The second-order valence-corrected chi connectivity index (χ2v) is 6.73. The smallest absolute Gasteiger partial charge is 0.257 e. The summed E-state index contributed by atoms with van der Waals surface area (Å²) in [4.78, 5) is 12.7. The maximum absolute atomic E-state index is 12.7. The molecule has 1 N–H and O–H groups in total. The van der Waals surface area contributed by atoms with E-state index in [0.29, 0.717) is 53.9 Å². The van der Waals surface area contributed by atoms with E-state index in [9.17, 15) is 4.79 Å². The number of aromatic nitrogens is 2. The van der Waals surface area contributed by atoms with Crippen LogP contribution in [0.5, 0.6) is 17.2 Å². The van der Waals surface area contributed by atoms with Gasteiger partial charge in [0.15, 0.2) is 17.2 Å². The Morgan fingerprint density at radius 1 is 0.935 bits per heavy atom. The zero-order valence-electron chi connectivity index (χ0n) is 18.0. The molecule has 2 aromatic carbocycles. The minimum atomic E-state index is -0.344. The van der Waals surface area contributed by atoms with Crippen LogP contribution in [0, 0.1) is 0 Å². The first kappa shape index (κ1) is 22.1. The Labute approximate surface area is 181 Å². The number of rotatable bonds is 11. The number of amides is 1. The lowest BCUT2D eigenvalue weighted by atomic mass is 10.1. The number of anilines is 1. The number of nitrogens with zero attached hydrogens (tertiary/aromatic N) is 2. The van der Waals surface area contributed by atoms with Gasteiger partial charge in [0.1, 0.15) is 5.75 Å². The highest BCUT2D eigenvalue weighted by molar-refractivity contribution is 6.05. The van der Waals surface area contributed by atoms with Gasteiger partial charge in [-0.05, 0) is 66.5 Å². The third-order valence-electron chi connectivity index (χ3n) is 4.27. The fraction of sp³-hybridized carbons (Fsp3) is 0.348. The third kappa shape index (κ3) is 5.75. The molecule has 31 heavy (non-hydrogen) atoms. The van der Waals surface area contributed by atoms with Gasteiger partial charge in [0.05, 0.1) is 19.8 Å². The second kappa shape index (κ2) is 11.0. The van der Waals surface area contributed by atoms with Crippen molar-refractivity contribution < 1.29 is 23.6 Å². The molecule has 0 aliphatic carbocycles. The summed E-state index contributed by atoms with van der Waals surface area (Å²) >= 11 is 0. The van der Waals surface area contributed by atoms with Crippen LogP contribution in [0.1, 0.15) is 44.0 Å². The lowest BCUT2D eigenvalue weighted by molar-refractivity contribution is 0.102. The molecule has 0 atom stereocenters. The van der Waals surface area contributed by atoms with Crippen molar-refractivity contribution in [3.05, 3.63) is 48.0 Å². The molecule has 0 radical (unpaired) electrons. The van der Waals surface area contributed by atoms with E-state index in [-0.39, 0.29) is 11.7 Å². The minimum Gasteiger partial charge on any atom is -0.494 e. The Morgan fingerprint density at radius 2 is 1.71 bits per heavy atom. The summed E-state index contributed by atoms with van der Waals surface area (Å²) < 4.78 is 22.0. The molecule has 3 aromatic rings. The van der Waals surface area contributed by atoms with Crippen molar-refractivity contribution in [3.8, 4) is 28.5 Å². The Hall–Kier alpha value is -3.55. The fourth-order valence-corrected chi connectivity index (χ4v) is 2.84. The molecular formula is C23H27N3O5. The molecule has 3 rings (SSSR count). The van der Waals surface area contributed by atoms with Crippen molar-refractivity contribution in [1.29, 1.82) is 0 Å². The predicted molar refractivity (Wildman–Crippen MR) is 117 cm³/mol. The van der Waals surface area contributed by atoms with Crippen LogP contribution in [-0.2, 0) is 0 Å². The zero-order valence-corrected chi connectivity index (χ0v) is 18.0. The number of carbonyl (C=O) groups excluding carboxylic acids is 1. The normalized spacial score (nSPS) is 10.5. The standard InChI is InChI=1S/C23H27N3O5/c1-4-12-29-19-11-10-16(15-20(19)30-13-5-2)21-22(26-31-25-21)24-23(27)17-8-7-9-18(14-17)28-6-3/h7-11,14-15H,4-6,12-13H2,1-3H3,(H,24,26,27). The molecule has 0 saturated carbocycles. The minimum absolute atomic E-state index is 0.218. The Bertz CT molecular complexity index is 1000. The molecule has 1 heterocycles. The van der Waals surface area contributed by atoms with E-state index in [1.807, 2.05) is 39.0 Å². The van der Waals surface area contributed by atoms with E-state index < -0.39 is 0 Å². The number of carbonyl (C=O) groups is 1. The van der Waals surface area contributed by atoms with Crippen molar-refractivity contribution in [3.63, 3.8) is 0 Å². The first-order valence-corrected chi connectivity index (χ1v) is 10.4. The number of nitrogens with one attached hydrogen (secondary N) is 1. The summed E-state index contributed by atoms with van der Waals surface area (Å²) in [5.74, 6) is 1.76. The molecule has 0 aliphatic rings. The van der Waals surface area contributed by atoms with Gasteiger partial charge in [-0.2, -0.15) is 0 Å². The molecule has 164 valence electrons. The highest BCUT2D eigenvalue weighted by Gasteiger charge is 2.18. The van der Waals surface area contributed by atoms with E-state index in [2.05, 4.69) is 15.6 Å². The van der Waals surface area contributed by atoms with Crippen molar-refractivity contribution in [1.82, 2.24) is 10.3 Å². The SMILES string of the molecule is CCCOc1ccc(-c2nonc2NC(=O)c2cccc(OCC)c2)cc1OCCC. The topological polar surface area (TPSA) is 95.7 Å². The maximum atomic E-state index is 12.7. The number of ether oxygens (including phenoxy) is 3. The Balaban J connectivity index is 1.83. The van der Waals surface area contributed by atoms with E-state index in [0.717, 1.165) is 12.8 Å². The highest BCUT2D eigenvalue weighted by atomic mass is 16.6. The molecule has 0 saturated heterocycles. The van der Waals surface area contributed by atoms with Crippen LogP contribution in [0.15, 0.2) is 47.1 Å². The van der Waals surface area contributed by atoms with Crippen LogP contribution in [0.4, 0.5) is 5.82 Å². The second-order valence-electron chi connectivity index (χ2n) is 6.73. The fourth-order valence-electron chi connectivity index (χ4n) is 2.84. The summed E-state index contributed by atoms with van der Waals surface area (Å²) in [5, 5.41) is 10.6. The van der Waals surface area contributed by atoms with Crippen molar-refractivity contribution in [2.75, 3.05) is 25.1 Å². The average molecular weight is 425 g/mol. The lowest BCUT2D eigenvalue weighted by Gasteiger charge is -2.13. The lowest BCUT2D eigenvalue weighted by Crippen LogP contribution is -2.13. The molecule has 0 unspecified atom stereocenters. The first-order chi connectivity index (χ1) is 15.2. The van der Waals surface area contributed by atoms with Gasteiger partial charge < -0.3 is 19.5 Å². The molecule has 8 nitrogen and oxygen atoms in total. The van der Waals surface area contributed by atoms with Gasteiger partial charge in [-0.25, -0.2) is 4.63 Å². The van der Waals surface area contributed by atoms with Gasteiger partial charge in [-0.1, -0.05) is 19.9 Å². The van der Waals surface area contributed by atoms with E-state index >= 15 is 0 Å². The molecular weight excluding hydrogens is 398 g/mol. The first-order valence-electron chi connectivity index (χ1n) is 10.4. The summed E-state index contributed by atoms with van der Waals surface area (Å²) in [5.41, 5.74) is 1.53. The van der Waals surface area contributed by atoms with Crippen molar-refractivity contribution >= 4 is 11.7 Å². The van der Waals surface area contributed by atoms with Crippen molar-refractivity contribution in [2.45, 2.75) is 33.6 Å². The summed E-state index contributed by atoms with van der Waals surface area (Å²) in [7, 11) is 0. The molecule has 0 spiro atoms. The Kier molecular flexibility index (Phi) is 7.86. The van der Waals surface area contributed by atoms with E-state index in [4.69, 9.17) is 18.8 Å². The van der Waals surface area contributed by atoms with E-state index in [1.54, 1.807) is 24.3 Å². The highest BCUT2D eigenvalue weighted by Crippen LogP contribution is 2.34. The zero-order chi connectivity index (χ0) is 22.1. The van der Waals surface area contributed by atoms with Gasteiger partial charge in [0.25, 0.3) is 5.91 Å². The van der Waals surface area contributed by atoms with Gasteiger partial charge in [0.2, 0.25) is 5.82 Å². The van der Waals surface area contributed by atoms with Crippen LogP contribution in [0.25, 0.3) is 11.3 Å². The molecule has 8 heteroatoms. The molecule has 1 amide bonds. The average Bonchev–Trinajstić information content (AvgIpc) is 3.25. The maximum Gasteiger partial charge on any atom is 0.257 e.